The van der Waals surface area contributed by atoms with Crippen molar-refractivity contribution in [2.75, 3.05) is 6.67 Å². The van der Waals surface area contributed by atoms with Crippen LogP contribution in [-0.4, -0.2) is 46.8 Å². The third-order valence-electron chi connectivity index (χ3n) is 3.25. The number of halogens is 3. The number of alkyl halides is 3. The molecule has 1 rings (SSSR count). The smallest absolute Gasteiger partial charge is 0.350 e. The summed E-state index contributed by atoms with van der Waals surface area (Å²) in [6.07, 6.45) is -3.13. The van der Waals surface area contributed by atoms with Crippen LogP contribution in [0.4, 0.5) is 13.2 Å². The summed E-state index contributed by atoms with van der Waals surface area (Å²) in [6, 6.07) is -0.300. The van der Waals surface area contributed by atoms with E-state index in [0.29, 0.717) is 0 Å². The van der Waals surface area contributed by atoms with E-state index in [1.165, 1.54) is 0 Å². The maximum atomic E-state index is 12.6. The van der Waals surface area contributed by atoms with Crippen molar-refractivity contribution in [1.82, 2.24) is 9.44 Å². The minimum absolute atomic E-state index is 0.00749. The maximum Gasteiger partial charge on any atom is 0.398 e. The van der Waals surface area contributed by atoms with Crippen molar-refractivity contribution in [2.24, 2.45) is 0 Å². The van der Waals surface area contributed by atoms with Crippen LogP contribution >= 0.6 is 0 Å². The van der Waals surface area contributed by atoms with E-state index in [0.717, 1.165) is 10.2 Å². The first kappa shape index (κ1) is 20.9. The van der Waals surface area contributed by atoms with E-state index in [-0.39, 0.29) is 31.7 Å². The number of amides is 1. The van der Waals surface area contributed by atoms with Gasteiger partial charge in [-0.1, -0.05) is 10.7 Å². The van der Waals surface area contributed by atoms with Gasteiger partial charge in [-0.3, -0.25) is 4.79 Å². The van der Waals surface area contributed by atoms with Gasteiger partial charge in [0.1, 0.15) is 0 Å². The van der Waals surface area contributed by atoms with Gasteiger partial charge >= 0.3 is 16.4 Å². The number of carbonyl (C=O) groups is 1. The quantitative estimate of drug-likeness (QED) is 0.573. The highest BCUT2D eigenvalue weighted by molar-refractivity contribution is 8.03. The number of hydrogen-bond donors (Lipinski definition) is 2. The molecule has 0 aromatic rings. The lowest BCUT2D eigenvalue weighted by atomic mass is 9.95. The second kappa shape index (κ2) is 7.80. The fraction of sp³-hybridized carbons (Fsp3) is 0.727. The van der Waals surface area contributed by atoms with Gasteiger partial charge in [-0.2, -0.15) is 21.4 Å². The molecule has 0 aliphatic heterocycles. The minimum Gasteiger partial charge on any atom is -0.350 e. The van der Waals surface area contributed by atoms with Crippen molar-refractivity contribution >= 4 is 26.2 Å². The molecule has 0 aromatic heterocycles. The molecule has 0 radical (unpaired) electrons. The molecule has 1 aliphatic rings. The molecule has 0 aromatic carbocycles. The fourth-order valence-electron chi connectivity index (χ4n) is 2.19. The summed E-state index contributed by atoms with van der Waals surface area (Å²) in [5.41, 5.74) is 0. The van der Waals surface area contributed by atoms with Gasteiger partial charge in [0.2, 0.25) is 15.9 Å². The molecule has 1 fully saturated rings. The Kier molecular flexibility index (Phi) is 6.78. The zero-order chi connectivity index (χ0) is 18.6. The summed E-state index contributed by atoms with van der Waals surface area (Å²) in [7, 11) is -9.94. The molecule has 0 atom stereocenters. The Morgan fingerprint density at radius 2 is 1.75 bits per heavy atom. The largest absolute Gasteiger partial charge is 0.398 e. The highest BCUT2D eigenvalue weighted by atomic mass is 32.3. The number of nitrogens with one attached hydrogen (secondary N) is 2. The van der Waals surface area contributed by atoms with E-state index in [4.69, 9.17) is 0 Å². The molecule has 0 spiro atoms. The molecule has 1 aliphatic carbocycles. The standard InChI is InChI=1S/C11H17F3N2O6S2/c1-2-10(17)15-8-3-5-9(6-4-8)23(18,19)16-24(20,21)22-11(13,14)7-12/h2,8-9,16H,1,3-7H2,(H,15,17). The van der Waals surface area contributed by atoms with Gasteiger partial charge in [0, 0.05) is 6.04 Å². The zero-order valence-electron chi connectivity index (χ0n) is 12.4. The summed E-state index contributed by atoms with van der Waals surface area (Å²) < 4.78 is 87.8. The maximum absolute atomic E-state index is 12.6. The van der Waals surface area contributed by atoms with Crippen LogP contribution in [0.3, 0.4) is 0 Å². The lowest BCUT2D eigenvalue weighted by molar-refractivity contribution is -0.183. The Morgan fingerprint density at radius 3 is 2.21 bits per heavy atom. The van der Waals surface area contributed by atoms with Crippen molar-refractivity contribution in [3.05, 3.63) is 12.7 Å². The molecule has 0 unspecified atom stereocenters. The lowest BCUT2D eigenvalue weighted by Gasteiger charge is -2.28. The Hall–Kier alpha value is -1.18. The molecular formula is C11H17F3N2O6S2. The van der Waals surface area contributed by atoms with Crippen LogP contribution in [0.25, 0.3) is 0 Å². The topological polar surface area (TPSA) is 119 Å². The number of sulfonamides is 1. The second-order valence-electron chi connectivity index (χ2n) is 5.12. The van der Waals surface area contributed by atoms with E-state index >= 15 is 0 Å². The molecule has 1 saturated carbocycles. The van der Waals surface area contributed by atoms with E-state index in [2.05, 4.69) is 16.1 Å². The monoisotopic (exact) mass is 394 g/mol. The molecule has 24 heavy (non-hydrogen) atoms. The molecule has 0 heterocycles. The molecule has 140 valence electrons. The minimum atomic E-state index is -5.41. The molecule has 2 N–H and O–H groups in total. The first-order chi connectivity index (χ1) is 10.9. The van der Waals surface area contributed by atoms with Gasteiger partial charge in [-0.25, -0.2) is 12.8 Å². The second-order valence-corrected chi connectivity index (χ2v) is 8.62. The summed E-state index contributed by atoms with van der Waals surface area (Å²) in [6.45, 7) is 0.842. The third kappa shape index (κ3) is 6.37. The highest BCUT2D eigenvalue weighted by Crippen LogP contribution is 2.25. The van der Waals surface area contributed by atoms with Crippen LogP contribution in [0.5, 0.6) is 0 Å². The van der Waals surface area contributed by atoms with E-state index < -0.39 is 44.3 Å². The predicted molar refractivity (Wildman–Crippen MR) is 77.4 cm³/mol. The van der Waals surface area contributed by atoms with Crippen molar-refractivity contribution in [2.45, 2.75) is 43.1 Å². The van der Waals surface area contributed by atoms with Crippen LogP contribution in [0, 0.1) is 0 Å². The van der Waals surface area contributed by atoms with Crippen LogP contribution < -0.4 is 9.44 Å². The molecule has 13 heteroatoms. The van der Waals surface area contributed by atoms with Gasteiger partial charge in [-0.05, 0) is 31.8 Å². The Bertz CT molecular complexity index is 672. The van der Waals surface area contributed by atoms with Gasteiger partial charge < -0.3 is 5.32 Å². The van der Waals surface area contributed by atoms with Crippen molar-refractivity contribution in [3.8, 4) is 0 Å². The molecule has 1 amide bonds. The average molecular weight is 394 g/mol. The Morgan fingerprint density at radius 1 is 1.21 bits per heavy atom. The van der Waals surface area contributed by atoms with E-state index in [9.17, 15) is 34.8 Å². The van der Waals surface area contributed by atoms with Gasteiger partial charge in [0.25, 0.3) is 0 Å². The summed E-state index contributed by atoms with van der Waals surface area (Å²) in [4.78, 5) is 11.2. The zero-order valence-corrected chi connectivity index (χ0v) is 14.0. The van der Waals surface area contributed by atoms with E-state index in [1.54, 1.807) is 0 Å². The average Bonchev–Trinajstić information content (AvgIpc) is 2.45. The van der Waals surface area contributed by atoms with Crippen LogP contribution in [0.1, 0.15) is 25.7 Å². The molecular weight excluding hydrogens is 377 g/mol. The van der Waals surface area contributed by atoms with Crippen LogP contribution in [0.15, 0.2) is 12.7 Å². The number of hydrogen-bond acceptors (Lipinski definition) is 6. The summed E-state index contributed by atoms with van der Waals surface area (Å²) in [5, 5.41) is 1.40. The first-order valence-corrected chi connectivity index (χ1v) is 9.71. The van der Waals surface area contributed by atoms with Crippen molar-refractivity contribution < 1.29 is 39.0 Å². The number of rotatable bonds is 8. The Labute approximate surface area is 137 Å². The third-order valence-corrected chi connectivity index (χ3v) is 6.81. The van der Waals surface area contributed by atoms with Crippen LogP contribution in [0.2, 0.25) is 0 Å². The van der Waals surface area contributed by atoms with Crippen molar-refractivity contribution in [3.63, 3.8) is 0 Å². The van der Waals surface area contributed by atoms with Gasteiger partial charge in [-0.15, -0.1) is 0 Å². The van der Waals surface area contributed by atoms with Crippen molar-refractivity contribution in [1.29, 1.82) is 0 Å². The van der Waals surface area contributed by atoms with Gasteiger partial charge in [0.05, 0.1) is 5.25 Å². The fourth-order valence-corrected chi connectivity index (χ4v) is 5.26. The highest BCUT2D eigenvalue weighted by Gasteiger charge is 2.41. The SMILES string of the molecule is C=CC(=O)NC1CCC(S(=O)(=O)NS(=O)(=O)OC(F)(F)CF)CC1. The van der Waals surface area contributed by atoms with Crippen LogP contribution in [-0.2, 0) is 29.3 Å². The Balaban J connectivity index is 2.67. The normalized spacial score (nSPS) is 22.8. The molecule has 0 bridgehead atoms. The summed E-state index contributed by atoms with van der Waals surface area (Å²) in [5.74, 6) is -0.427. The number of carbonyl (C=O) groups excluding carboxylic acids is 1. The summed E-state index contributed by atoms with van der Waals surface area (Å²) >= 11 is 0. The van der Waals surface area contributed by atoms with E-state index in [1.807, 2.05) is 0 Å². The van der Waals surface area contributed by atoms with Gasteiger partial charge in [0.15, 0.2) is 6.67 Å². The lowest BCUT2D eigenvalue weighted by Crippen LogP contribution is -2.45. The molecule has 0 saturated heterocycles. The predicted octanol–water partition coefficient (Wildman–Crippen LogP) is 0.343. The molecule has 8 nitrogen and oxygen atoms in total. The first-order valence-electron chi connectivity index (χ1n) is 6.75.